The minimum Gasteiger partial charge on any atom is -0.489 e. The molecule has 0 bridgehead atoms. The van der Waals surface area contributed by atoms with Crippen molar-refractivity contribution in [2.24, 2.45) is 0 Å². The van der Waals surface area contributed by atoms with Crippen molar-refractivity contribution >= 4 is 17.2 Å². The number of rotatable bonds is 6. The molecule has 1 aromatic carbocycles. The molecule has 0 atom stereocenters. The van der Waals surface area contributed by atoms with Crippen molar-refractivity contribution < 1.29 is 14.3 Å². The number of nitrogens with one attached hydrogen (secondary N) is 1. The summed E-state index contributed by atoms with van der Waals surface area (Å²) in [6.45, 7) is 5.68. The highest BCUT2D eigenvalue weighted by Gasteiger charge is 2.11. The summed E-state index contributed by atoms with van der Waals surface area (Å²) in [5, 5.41) is 2.82. The van der Waals surface area contributed by atoms with Crippen LogP contribution in [0.2, 0.25) is 0 Å². The lowest BCUT2D eigenvalue weighted by Gasteiger charge is -2.15. The average Bonchev–Trinajstić information content (AvgIpc) is 2.95. The first-order chi connectivity index (χ1) is 12.0. The molecular formula is C19H21N3O3. The number of aromatic nitrogens is 2. The number of benzene rings is 1. The standard InChI is InChI=1S/C19H21N3O3/c1-13(2)25-16-8-5-4-7-15(16)21-18(23)12-24-17-9-6-10-22-11-14(3)20-19(17)22/h4-11,13H,12H2,1-3H3,(H,21,23). The third-order valence-electron chi connectivity index (χ3n) is 3.45. The van der Waals surface area contributed by atoms with Gasteiger partial charge in [0, 0.05) is 12.4 Å². The Bertz CT molecular complexity index is 887. The molecule has 1 amide bonds. The highest BCUT2D eigenvalue weighted by atomic mass is 16.5. The van der Waals surface area contributed by atoms with Crippen molar-refractivity contribution in [3.8, 4) is 11.5 Å². The van der Waals surface area contributed by atoms with E-state index in [-0.39, 0.29) is 18.6 Å². The van der Waals surface area contributed by atoms with Crippen LogP contribution in [-0.2, 0) is 4.79 Å². The zero-order valence-corrected chi connectivity index (χ0v) is 14.5. The second kappa shape index (κ2) is 7.25. The Labute approximate surface area is 146 Å². The maximum Gasteiger partial charge on any atom is 0.262 e. The van der Waals surface area contributed by atoms with Gasteiger partial charge in [-0.1, -0.05) is 12.1 Å². The molecule has 0 unspecified atom stereocenters. The van der Waals surface area contributed by atoms with Gasteiger partial charge in [-0.3, -0.25) is 4.79 Å². The van der Waals surface area contributed by atoms with Crippen LogP contribution in [0.5, 0.6) is 11.5 Å². The van der Waals surface area contributed by atoms with Gasteiger partial charge in [0.2, 0.25) is 0 Å². The van der Waals surface area contributed by atoms with Gasteiger partial charge >= 0.3 is 0 Å². The van der Waals surface area contributed by atoms with Crippen molar-refractivity contribution in [2.45, 2.75) is 26.9 Å². The number of imidazole rings is 1. The van der Waals surface area contributed by atoms with Crippen LogP contribution in [0, 0.1) is 6.92 Å². The average molecular weight is 339 g/mol. The largest absolute Gasteiger partial charge is 0.489 e. The predicted molar refractivity (Wildman–Crippen MR) is 96.3 cm³/mol. The van der Waals surface area contributed by atoms with E-state index in [1.807, 2.05) is 61.8 Å². The smallest absolute Gasteiger partial charge is 0.262 e. The first-order valence-electron chi connectivity index (χ1n) is 8.15. The van der Waals surface area contributed by atoms with Crippen molar-refractivity contribution in [1.82, 2.24) is 9.38 Å². The van der Waals surface area contributed by atoms with Gasteiger partial charge in [0.15, 0.2) is 18.0 Å². The van der Waals surface area contributed by atoms with Crippen molar-refractivity contribution in [2.75, 3.05) is 11.9 Å². The van der Waals surface area contributed by atoms with Gasteiger partial charge in [-0.15, -0.1) is 0 Å². The number of carbonyl (C=O) groups is 1. The SMILES string of the molecule is Cc1cn2cccc(OCC(=O)Nc3ccccc3OC(C)C)c2n1. The van der Waals surface area contributed by atoms with E-state index in [0.717, 1.165) is 5.69 Å². The maximum absolute atomic E-state index is 12.2. The van der Waals surface area contributed by atoms with Gasteiger partial charge < -0.3 is 19.2 Å². The third kappa shape index (κ3) is 4.09. The van der Waals surface area contributed by atoms with Crippen molar-refractivity contribution in [3.05, 3.63) is 54.5 Å². The quantitative estimate of drug-likeness (QED) is 0.747. The summed E-state index contributed by atoms with van der Waals surface area (Å²) in [5.74, 6) is 0.944. The van der Waals surface area contributed by atoms with E-state index in [4.69, 9.17) is 9.47 Å². The molecule has 0 saturated heterocycles. The van der Waals surface area contributed by atoms with E-state index in [0.29, 0.717) is 22.8 Å². The molecule has 6 heteroatoms. The molecule has 1 N–H and O–H groups in total. The molecule has 2 aromatic heterocycles. The first kappa shape index (κ1) is 16.8. The lowest BCUT2D eigenvalue weighted by molar-refractivity contribution is -0.118. The van der Waals surface area contributed by atoms with Crippen molar-refractivity contribution in [1.29, 1.82) is 0 Å². The zero-order chi connectivity index (χ0) is 17.8. The number of ether oxygens (including phenoxy) is 2. The molecule has 3 aromatic rings. The second-order valence-electron chi connectivity index (χ2n) is 5.99. The monoisotopic (exact) mass is 339 g/mol. The predicted octanol–water partition coefficient (Wildman–Crippen LogP) is 3.45. The summed E-state index contributed by atoms with van der Waals surface area (Å²) in [6.07, 6.45) is 3.82. The molecular weight excluding hydrogens is 318 g/mol. The van der Waals surface area contributed by atoms with Crippen molar-refractivity contribution in [3.63, 3.8) is 0 Å². The molecule has 25 heavy (non-hydrogen) atoms. The van der Waals surface area contributed by atoms with E-state index in [1.54, 1.807) is 12.1 Å². The van der Waals surface area contributed by atoms with Crippen LogP contribution in [0.4, 0.5) is 5.69 Å². The Morgan fingerprint density at radius 2 is 1.96 bits per heavy atom. The molecule has 3 rings (SSSR count). The number of hydrogen-bond donors (Lipinski definition) is 1. The van der Waals surface area contributed by atoms with Gasteiger partial charge in [-0.05, 0) is 45.0 Å². The van der Waals surface area contributed by atoms with Gasteiger partial charge in [-0.2, -0.15) is 0 Å². The number of para-hydroxylation sites is 2. The number of fused-ring (bicyclic) bond motifs is 1. The van der Waals surface area contributed by atoms with Gasteiger partial charge in [0.05, 0.1) is 17.5 Å². The summed E-state index contributed by atoms with van der Waals surface area (Å²) in [6, 6.07) is 11.0. The molecule has 0 aliphatic carbocycles. The number of nitrogens with zero attached hydrogens (tertiary/aromatic N) is 2. The lowest BCUT2D eigenvalue weighted by Crippen LogP contribution is -2.21. The molecule has 0 aliphatic heterocycles. The van der Waals surface area contributed by atoms with Crippen LogP contribution in [0.3, 0.4) is 0 Å². The second-order valence-corrected chi connectivity index (χ2v) is 5.99. The summed E-state index contributed by atoms with van der Waals surface area (Å²) >= 11 is 0. The number of pyridine rings is 1. The summed E-state index contributed by atoms with van der Waals surface area (Å²) < 4.78 is 13.2. The number of aryl methyl sites for hydroxylation is 1. The van der Waals surface area contributed by atoms with E-state index >= 15 is 0 Å². The lowest BCUT2D eigenvalue weighted by atomic mass is 10.3. The maximum atomic E-state index is 12.2. The zero-order valence-electron chi connectivity index (χ0n) is 14.5. The summed E-state index contributed by atoms with van der Waals surface area (Å²) in [7, 11) is 0. The van der Waals surface area contributed by atoms with E-state index < -0.39 is 0 Å². The number of carbonyl (C=O) groups excluding carboxylic acids is 1. The van der Waals surface area contributed by atoms with Crippen LogP contribution in [0.15, 0.2) is 48.8 Å². The van der Waals surface area contributed by atoms with Crippen LogP contribution in [-0.4, -0.2) is 28.0 Å². The number of amides is 1. The highest BCUT2D eigenvalue weighted by molar-refractivity contribution is 5.93. The molecule has 130 valence electrons. The molecule has 0 spiro atoms. The molecule has 6 nitrogen and oxygen atoms in total. The molecule has 0 saturated carbocycles. The Kier molecular flexibility index (Phi) is 4.88. The fourth-order valence-corrected chi connectivity index (χ4v) is 2.48. The summed E-state index contributed by atoms with van der Waals surface area (Å²) in [4.78, 5) is 16.7. The Balaban J connectivity index is 1.67. The van der Waals surface area contributed by atoms with Crippen LogP contribution in [0.1, 0.15) is 19.5 Å². The number of anilines is 1. The fourth-order valence-electron chi connectivity index (χ4n) is 2.48. The highest BCUT2D eigenvalue weighted by Crippen LogP contribution is 2.25. The van der Waals surface area contributed by atoms with E-state index in [1.165, 1.54) is 0 Å². The fraction of sp³-hybridized carbons (Fsp3) is 0.263. The topological polar surface area (TPSA) is 64.9 Å². The first-order valence-corrected chi connectivity index (χ1v) is 8.15. The van der Waals surface area contributed by atoms with Crippen LogP contribution < -0.4 is 14.8 Å². The minimum absolute atomic E-state index is 0.0237. The Hall–Kier alpha value is -3.02. The van der Waals surface area contributed by atoms with Crippen LogP contribution >= 0.6 is 0 Å². The van der Waals surface area contributed by atoms with Crippen LogP contribution in [0.25, 0.3) is 5.65 Å². The van der Waals surface area contributed by atoms with Gasteiger partial charge in [-0.25, -0.2) is 4.98 Å². The van der Waals surface area contributed by atoms with E-state index in [9.17, 15) is 4.79 Å². The normalized spacial score (nSPS) is 10.9. The Morgan fingerprint density at radius 1 is 1.20 bits per heavy atom. The van der Waals surface area contributed by atoms with E-state index in [2.05, 4.69) is 10.3 Å². The summed E-state index contributed by atoms with van der Waals surface area (Å²) in [5.41, 5.74) is 2.20. The molecule has 0 radical (unpaired) electrons. The van der Waals surface area contributed by atoms with Gasteiger partial charge in [0.1, 0.15) is 5.75 Å². The van der Waals surface area contributed by atoms with Gasteiger partial charge in [0.25, 0.3) is 5.91 Å². The third-order valence-corrected chi connectivity index (χ3v) is 3.45. The molecule has 0 fully saturated rings. The minimum atomic E-state index is -0.259. The number of hydrogen-bond acceptors (Lipinski definition) is 4. The molecule has 0 aliphatic rings. The molecule has 2 heterocycles. The Morgan fingerprint density at radius 3 is 2.76 bits per heavy atom.